The number of ether oxygens (including phenoxy) is 1. The number of anilines is 3. The van der Waals surface area contributed by atoms with E-state index in [-0.39, 0.29) is 0 Å². The number of nitrogens with zero attached hydrogens (tertiary/aromatic N) is 1. The standard InChI is InChI=1S/C21H18ClN3O3S/c1-28-20-12-14(25-29(2,26)27)8-10-18(20)24-21-15-5-3-4-6-17(15)23-19-11-13(22)7-9-16(19)21/h3-12,25H,1-2H3,(H,23,24). The van der Waals surface area contributed by atoms with Crippen LogP contribution in [0.4, 0.5) is 17.1 Å². The molecular formula is C21H18ClN3O3S. The van der Waals surface area contributed by atoms with Crippen molar-refractivity contribution in [3.8, 4) is 5.75 Å². The van der Waals surface area contributed by atoms with Gasteiger partial charge in [0.1, 0.15) is 5.75 Å². The molecule has 6 nitrogen and oxygen atoms in total. The molecule has 8 heteroatoms. The highest BCUT2D eigenvalue weighted by Crippen LogP contribution is 2.37. The summed E-state index contributed by atoms with van der Waals surface area (Å²) in [5.74, 6) is 0.502. The summed E-state index contributed by atoms with van der Waals surface area (Å²) in [6.07, 6.45) is 1.10. The molecule has 0 saturated carbocycles. The Labute approximate surface area is 173 Å². The molecule has 1 heterocycles. The summed E-state index contributed by atoms with van der Waals surface area (Å²) in [4.78, 5) is 4.71. The van der Waals surface area contributed by atoms with Gasteiger partial charge in [-0.1, -0.05) is 29.8 Å². The van der Waals surface area contributed by atoms with E-state index in [4.69, 9.17) is 21.3 Å². The van der Waals surface area contributed by atoms with E-state index in [2.05, 4.69) is 10.0 Å². The van der Waals surface area contributed by atoms with Gasteiger partial charge in [0.2, 0.25) is 10.0 Å². The molecule has 0 unspecified atom stereocenters. The number of pyridine rings is 1. The molecule has 4 rings (SSSR count). The van der Waals surface area contributed by atoms with Gasteiger partial charge in [-0.15, -0.1) is 0 Å². The van der Waals surface area contributed by atoms with E-state index in [1.807, 2.05) is 42.5 Å². The predicted molar refractivity (Wildman–Crippen MR) is 119 cm³/mol. The number of hydrogen-bond donors (Lipinski definition) is 2. The number of aromatic nitrogens is 1. The summed E-state index contributed by atoms with van der Waals surface area (Å²) in [5, 5.41) is 5.90. The maximum atomic E-state index is 11.5. The topological polar surface area (TPSA) is 80.3 Å². The Kier molecular flexibility index (Phi) is 4.94. The Hall–Kier alpha value is -3.03. The summed E-state index contributed by atoms with van der Waals surface area (Å²) < 4.78 is 31.0. The first-order valence-corrected chi connectivity index (χ1v) is 11.0. The first-order valence-electron chi connectivity index (χ1n) is 8.75. The fourth-order valence-corrected chi connectivity index (χ4v) is 3.93. The maximum absolute atomic E-state index is 11.5. The van der Waals surface area contributed by atoms with Crippen molar-refractivity contribution in [2.75, 3.05) is 23.4 Å². The second kappa shape index (κ2) is 7.42. The van der Waals surface area contributed by atoms with Crippen LogP contribution >= 0.6 is 11.6 Å². The van der Waals surface area contributed by atoms with E-state index in [9.17, 15) is 8.42 Å². The van der Waals surface area contributed by atoms with Gasteiger partial charge in [-0.25, -0.2) is 13.4 Å². The lowest BCUT2D eigenvalue weighted by Crippen LogP contribution is -2.09. The first kappa shape index (κ1) is 19.3. The lowest BCUT2D eigenvalue weighted by atomic mass is 10.1. The summed E-state index contributed by atoms with van der Waals surface area (Å²) in [6, 6.07) is 18.5. The third-order valence-corrected chi connectivity index (χ3v) is 5.25. The second-order valence-corrected chi connectivity index (χ2v) is 8.76. The molecule has 0 amide bonds. The SMILES string of the molecule is COc1cc(NS(C)(=O)=O)ccc1Nc1c2ccccc2nc2cc(Cl)ccc12. The van der Waals surface area contributed by atoms with E-state index >= 15 is 0 Å². The molecule has 0 fully saturated rings. The zero-order valence-electron chi connectivity index (χ0n) is 15.7. The molecule has 3 aromatic carbocycles. The smallest absolute Gasteiger partial charge is 0.229 e. The number of halogens is 1. The third kappa shape index (κ3) is 4.06. The van der Waals surface area contributed by atoms with Crippen LogP contribution in [0.2, 0.25) is 5.02 Å². The zero-order chi connectivity index (χ0) is 20.6. The summed E-state index contributed by atoms with van der Waals surface area (Å²) in [5.41, 5.74) is 3.58. The predicted octanol–water partition coefficient (Wildman–Crippen LogP) is 5.17. The lowest BCUT2D eigenvalue weighted by molar-refractivity contribution is 0.417. The Balaban J connectivity index is 1.87. The van der Waals surface area contributed by atoms with E-state index in [0.29, 0.717) is 22.1 Å². The van der Waals surface area contributed by atoms with E-state index in [1.54, 1.807) is 18.2 Å². The highest BCUT2D eigenvalue weighted by molar-refractivity contribution is 7.92. The molecule has 0 atom stereocenters. The lowest BCUT2D eigenvalue weighted by Gasteiger charge is -2.16. The fraction of sp³-hybridized carbons (Fsp3) is 0.0952. The van der Waals surface area contributed by atoms with Gasteiger partial charge in [0, 0.05) is 21.9 Å². The number of hydrogen-bond acceptors (Lipinski definition) is 5. The Morgan fingerprint density at radius 1 is 0.966 bits per heavy atom. The van der Waals surface area contributed by atoms with Crippen molar-refractivity contribution in [3.05, 3.63) is 65.7 Å². The zero-order valence-corrected chi connectivity index (χ0v) is 17.3. The number of para-hydroxylation sites is 1. The van der Waals surface area contributed by atoms with Crippen LogP contribution in [0.1, 0.15) is 0 Å². The van der Waals surface area contributed by atoms with Crippen molar-refractivity contribution in [2.45, 2.75) is 0 Å². The number of nitrogens with one attached hydrogen (secondary N) is 2. The second-order valence-electron chi connectivity index (χ2n) is 6.58. The van der Waals surface area contributed by atoms with Gasteiger partial charge >= 0.3 is 0 Å². The average Bonchev–Trinajstić information content (AvgIpc) is 2.67. The molecule has 0 aliphatic heterocycles. The molecule has 2 N–H and O–H groups in total. The van der Waals surface area contributed by atoms with E-state index in [0.717, 1.165) is 33.7 Å². The molecule has 0 saturated heterocycles. The van der Waals surface area contributed by atoms with Gasteiger partial charge in [-0.05, 0) is 36.4 Å². The van der Waals surface area contributed by atoms with Crippen LogP contribution in [0.25, 0.3) is 21.8 Å². The first-order chi connectivity index (χ1) is 13.8. The molecule has 4 aromatic rings. The van der Waals surface area contributed by atoms with Crippen LogP contribution in [0.3, 0.4) is 0 Å². The van der Waals surface area contributed by atoms with Gasteiger partial charge in [-0.3, -0.25) is 4.72 Å². The van der Waals surface area contributed by atoms with Gasteiger partial charge in [0.15, 0.2) is 0 Å². The molecule has 29 heavy (non-hydrogen) atoms. The number of benzene rings is 3. The normalized spacial score (nSPS) is 11.6. The van der Waals surface area contributed by atoms with Crippen molar-refractivity contribution in [2.24, 2.45) is 0 Å². The van der Waals surface area contributed by atoms with Crippen molar-refractivity contribution in [1.82, 2.24) is 4.98 Å². The summed E-state index contributed by atoms with van der Waals surface area (Å²) >= 11 is 6.16. The third-order valence-electron chi connectivity index (χ3n) is 4.41. The highest BCUT2D eigenvalue weighted by Gasteiger charge is 2.13. The van der Waals surface area contributed by atoms with Crippen LogP contribution in [-0.2, 0) is 10.0 Å². The Morgan fingerprint density at radius 3 is 2.48 bits per heavy atom. The molecular weight excluding hydrogens is 410 g/mol. The minimum Gasteiger partial charge on any atom is -0.494 e. The van der Waals surface area contributed by atoms with Gasteiger partial charge in [-0.2, -0.15) is 0 Å². The molecule has 0 aliphatic rings. The highest BCUT2D eigenvalue weighted by atomic mass is 35.5. The van der Waals surface area contributed by atoms with E-state index < -0.39 is 10.0 Å². The van der Waals surface area contributed by atoms with Crippen LogP contribution in [0, 0.1) is 0 Å². The summed E-state index contributed by atoms with van der Waals surface area (Å²) in [7, 11) is -1.85. The van der Waals surface area contributed by atoms with E-state index in [1.165, 1.54) is 7.11 Å². The number of sulfonamides is 1. The number of methoxy groups -OCH3 is 1. The summed E-state index contributed by atoms with van der Waals surface area (Å²) in [6.45, 7) is 0. The quantitative estimate of drug-likeness (QED) is 0.430. The maximum Gasteiger partial charge on any atom is 0.229 e. The molecule has 0 radical (unpaired) electrons. The van der Waals surface area contributed by atoms with Crippen molar-refractivity contribution in [1.29, 1.82) is 0 Å². The molecule has 0 bridgehead atoms. The fourth-order valence-electron chi connectivity index (χ4n) is 3.21. The van der Waals surface area contributed by atoms with Gasteiger partial charge < -0.3 is 10.1 Å². The van der Waals surface area contributed by atoms with Gasteiger partial charge in [0.25, 0.3) is 0 Å². The average molecular weight is 428 g/mol. The minimum atomic E-state index is -3.38. The minimum absolute atomic E-state index is 0.422. The number of rotatable bonds is 5. The Bertz CT molecular complexity index is 1340. The van der Waals surface area contributed by atoms with Crippen molar-refractivity contribution in [3.63, 3.8) is 0 Å². The molecule has 148 valence electrons. The largest absolute Gasteiger partial charge is 0.494 e. The van der Waals surface area contributed by atoms with Crippen molar-refractivity contribution >= 4 is 60.5 Å². The Morgan fingerprint density at radius 2 is 1.72 bits per heavy atom. The number of fused-ring (bicyclic) bond motifs is 2. The van der Waals surface area contributed by atoms with Crippen LogP contribution in [-0.4, -0.2) is 26.8 Å². The van der Waals surface area contributed by atoms with Crippen LogP contribution in [0.5, 0.6) is 5.75 Å². The van der Waals surface area contributed by atoms with Crippen molar-refractivity contribution < 1.29 is 13.2 Å². The van der Waals surface area contributed by atoms with Crippen LogP contribution in [0.15, 0.2) is 60.7 Å². The monoisotopic (exact) mass is 427 g/mol. The van der Waals surface area contributed by atoms with Gasteiger partial charge in [0.05, 0.1) is 41.5 Å². The molecule has 1 aromatic heterocycles. The molecule has 0 spiro atoms. The van der Waals surface area contributed by atoms with Crippen LogP contribution < -0.4 is 14.8 Å². The molecule has 0 aliphatic carbocycles.